The van der Waals surface area contributed by atoms with Crippen molar-refractivity contribution < 1.29 is 23.1 Å². The maximum atomic E-state index is 12.2. The highest BCUT2D eigenvalue weighted by Gasteiger charge is 2.16. The Labute approximate surface area is 137 Å². The first-order valence-electron chi connectivity index (χ1n) is 6.33. The molecule has 0 unspecified atom stereocenters. The third-order valence-electron chi connectivity index (χ3n) is 2.98. The predicted octanol–water partition coefficient (Wildman–Crippen LogP) is 2.69. The molecule has 0 saturated carbocycles. The Morgan fingerprint density at radius 2 is 1.83 bits per heavy atom. The maximum Gasteiger partial charge on any atom is 0.337 e. The Bertz CT molecular complexity index is 892. The van der Waals surface area contributed by atoms with Gasteiger partial charge in [0.25, 0.3) is 5.91 Å². The van der Waals surface area contributed by atoms with E-state index < -0.39 is 21.7 Å². The zero-order chi connectivity index (χ0) is 17.2. The van der Waals surface area contributed by atoms with Crippen LogP contribution in [-0.2, 0) is 9.84 Å². The van der Waals surface area contributed by atoms with E-state index in [1.54, 1.807) is 0 Å². The first kappa shape index (κ1) is 17.0. The molecule has 0 aromatic heterocycles. The molecule has 0 bridgehead atoms. The van der Waals surface area contributed by atoms with Crippen molar-refractivity contribution in [2.45, 2.75) is 4.90 Å². The lowest BCUT2D eigenvalue weighted by molar-refractivity contribution is 0.0698. The number of carboxylic acid groups (broad SMARTS) is 1. The van der Waals surface area contributed by atoms with Crippen LogP contribution in [0.2, 0.25) is 5.02 Å². The summed E-state index contributed by atoms with van der Waals surface area (Å²) in [6.45, 7) is 0. The number of halogens is 1. The number of rotatable bonds is 4. The Balaban J connectivity index is 2.35. The van der Waals surface area contributed by atoms with Crippen LogP contribution in [0.3, 0.4) is 0 Å². The van der Waals surface area contributed by atoms with Crippen LogP contribution in [0, 0.1) is 0 Å². The molecule has 0 radical (unpaired) electrons. The van der Waals surface area contributed by atoms with Gasteiger partial charge in [-0.3, -0.25) is 4.79 Å². The van der Waals surface area contributed by atoms with E-state index in [9.17, 15) is 18.0 Å². The fourth-order valence-corrected chi connectivity index (χ4v) is 2.70. The maximum absolute atomic E-state index is 12.2. The van der Waals surface area contributed by atoms with Gasteiger partial charge in [-0.25, -0.2) is 13.2 Å². The highest BCUT2D eigenvalue weighted by molar-refractivity contribution is 7.90. The molecule has 0 aliphatic rings. The molecule has 0 spiro atoms. The average Bonchev–Trinajstić information content (AvgIpc) is 2.48. The van der Waals surface area contributed by atoms with E-state index in [4.69, 9.17) is 16.7 Å². The molecule has 0 aliphatic carbocycles. The Hall–Kier alpha value is -2.38. The number of carbonyl (C=O) groups is 2. The largest absolute Gasteiger partial charge is 0.478 e. The van der Waals surface area contributed by atoms with Gasteiger partial charge in [-0.05, 0) is 36.4 Å². The van der Waals surface area contributed by atoms with Gasteiger partial charge < -0.3 is 10.4 Å². The Morgan fingerprint density at radius 3 is 2.43 bits per heavy atom. The van der Waals surface area contributed by atoms with Crippen molar-refractivity contribution in [1.29, 1.82) is 0 Å². The molecule has 1 amide bonds. The van der Waals surface area contributed by atoms with E-state index in [1.807, 2.05) is 0 Å². The molecule has 8 heteroatoms. The molecule has 2 N–H and O–H groups in total. The first-order valence-corrected chi connectivity index (χ1v) is 8.60. The summed E-state index contributed by atoms with van der Waals surface area (Å²) in [4.78, 5) is 23.4. The molecular formula is C15H12ClNO5S. The smallest absolute Gasteiger partial charge is 0.337 e. The number of benzene rings is 2. The molecule has 0 heterocycles. The minimum atomic E-state index is -3.45. The molecule has 0 saturated heterocycles. The number of hydrogen-bond donors (Lipinski definition) is 2. The second-order valence-corrected chi connectivity index (χ2v) is 7.20. The number of anilines is 1. The summed E-state index contributed by atoms with van der Waals surface area (Å²) in [6, 6.07) is 9.48. The van der Waals surface area contributed by atoms with Gasteiger partial charge in [0.15, 0.2) is 9.84 Å². The number of carboxylic acids is 1. The van der Waals surface area contributed by atoms with Crippen molar-refractivity contribution in [2.24, 2.45) is 0 Å². The van der Waals surface area contributed by atoms with E-state index in [2.05, 4.69) is 5.32 Å². The van der Waals surface area contributed by atoms with Gasteiger partial charge in [0.1, 0.15) is 0 Å². The van der Waals surface area contributed by atoms with E-state index in [1.165, 1.54) is 42.5 Å². The molecule has 2 rings (SSSR count). The lowest BCUT2D eigenvalue weighted by Gasteiger charge is -2.09. The zero-order valence-corrected chi connectivity index (χ0v) is 13.5. The monoisotopic (exact) mass is 353 g/mol. The molecule has 2 aromatic carbocycles. The quantitative estimate of drug-likeness (QED) is 0.880. The summed E-state index contributed by atoms with van der Waals surface area (Å²) in [7, 11) is -3.45. The van der Waals surface area contributed by atoms with Gasteiger partial charge in [0.05, 0.1) is 16.1 Å². The number of hydrogen-bond acceptors (Lipinski definition) is 4. The summed E-state index contributed by atoms with van der Waals surface area (Å²) < 4.78 is 23.0. The third kappa shape index (κ3) is 4.08. The number of carbonyl (C=O) groups excluding carboxylic acids is 1. The van der Waals surface area contributed by atoms with Crippen LogP contribution in [0.4, 0.5) is 5.69 Å². The molecule has 0 fully saturated rings. The van der Waals surface area contributed by atoms with Crippen LogP contribution in [0.1, 0.15) is 20.7 Å². The highest BCUT2D eigenvalue weighted by atomic mass is 35.5. The summed E-state index contributed by atoms with van der Waals surface area (Å²) in [6.07, 6.45) is 1.03. The number of nitrogens with one attached hydrogen (secondary N) is 1. The number of sulfone groups is 1. The van der Waals surface area contributed by atoms with Crippen LogP contribution in [0.5, 0.6) is 0 Å². The van der Waals surface area contributed by atoms with E-state index >= 15 is 0 Å². The number of amides is 1. The normalized spacial score (nSPS) is 11.0. The van der Waals surface area contributed by atoms with Crippen molar-refractivity contribution in [3.8, 4) is 0 Å². The average molecular weight is 354 g/mol. The van der Waals surface area contributed by atoms with Crippen molar-refractivity contribution in [2.75, 3.05) is 11.6 Å². The lowest BCUT2D eigenvalue weighted by atomic mass is 10.1. The van der Waals surface area contributed by atoms with Gasteiger partial charge in [-0.2, -0.15) is 0 Å². The first-order chi connectivity index (χ1) is 10.7. The van der Waals surface area contributed by atoms with E-state index in [-0.39, 0.29) is 26.7 Å². The minimum absolute atomic E-state index is 0.000265. The van der Waals surface area contributed by atoms with Crippen molar-refractivity contribution in [3.63, 3.8) is 0 Å². The minimum Gasteiger partial charge on any atom is -0.478 e. The topological polar surface area (TPSA) is 101 Å². The highest BCUT2D eigenvalue weighted by Crippen LogP contribution is 2.22. The molecule has 0 atom stereocenters. The van der Waals surface area contributed by atoms with Crippen LogP contribution >= 0.6 is 11.6 Å². The van der Waals surface area contributed by atoms with Gasteiger partial charge in [0, 0.05) is 16.8 Å². The van der Waals surface area contributed by atoms with Crippen LogP contribution in [0.15, 0.2) is 47.4 Å². The second-order valence-electron chi connectivity index (χ2n) is 4.75. The van der Waals surface area contributed by atoms with Crippen LogP contribution < -0.4 is 5.32 Å². The van der Waals surface area contributed by atoms with Gasteiger partial charge in [0.2, 0.25) is 0 Å². The van der Waals surface area contributed by atoms with Crippen LogP contribution in [-0.4, -0.2) is 31.7 Å². The van der Waals surface area contributed by atoms with Crippen molar-refractivity contribution in [3.05, 3.63) is 58.6 Å². The predicted molar refractivity (Wildman–Crippen MR) is 85.9 cm³/mol. The van der Waals surface area contributed by atoms with Gasteiger partial charge in [-0.15, -0.1) is 0 Å². The van der Waals surface area contributed by atoms with E-state index in [0.29, 0.717) is 0 Å². The SMILES string of the molecule is CS(=O)(=O)c1cccc(C(=O)Nc2ccc(Cl)cc2C(=O)O)c1. The van der Waals surface area contributed by atoms with Gasteiger partial charge in [-0.1, -0.05) is 17.7 Å². The zero-order valence-electron chi connectivity index (χ0n) is 11.9. The Kier molecular flexibility index (Phi) is 4.72. The fraction of sp³-hybridized carbons (Fsp3) is 0.0667. The van der Waals surface area contributed by atoms with Crippen LogP contribution in [0.25, 0.3) is 0 Å². The van der Waals surface area contributed by atoms with Gasteiger partial charge >= 0.3 is 5.97 Å². The summed E-state index contributed by atoms with van der Waals surface area (Å²) in [5.74, 6) is -1.87. The lowest BCUT2D eigenvalue weighted by Crippen LogP contribution is -2.15. The second kappa shape index (κ2) is 6.39. The molecule has 23 heavy (non-hydrogen) atoms. The summed E-state index contributed by atoms with van der Waals surface area (Å²) >= 11 is 5.74. The fourth-order valence-electron chi connectivity index (χ4n) is 1.86. The van der Waals surface area contributed by atoms with E-state index in [0.717, 1.165) is 6.26 Å². The summed E-state index contributed by atoms with van der Waals surface area (Å²) in [5.41, 5.74) is 0.000917. The Morgan fingerprint density at radius 1 is 1.13 bits per heavy atom. The molecule has 2 aromatic rings. The standard InChI is InChI=1S/C15H12ClNO5S/c1-23(21,22)11-4-2-3-9(7-11)14(18)17-13-6-5-10(16)8-12(13)15(19)20/h2-8H,1H3,(H,17,18)(H,19,20). The summed E-state index contributed by atoms with van der Waals surface area (Å²) in [5, 5.41) is 11.8. The van der Waals surface area contributed by atoms with Crippen molar-refractivity contribution >= 4 is 39.0 Å². The molecule has 120 valence electrons. The molecular weight excluding hydrogens is 342 g/mol. The van der Waals surface area contributed by atoms with Crippen molar-refractivity contribution in [1.82, 2.24) is 0 Å². The molecule has 6 nitrogen and oxygen atoms in total. The molecule has 0 aliphatic heterocycles. The number of aromatic carboxylic acids is 1. The third-order valence-corrected chi connectivity index (χ3v) is 4.33.